The lowest BCUT2D eigenvalue weighted by molar-refractivity contribution is -0.123. The number of nitrogens with one attached hydrogen (secondary N) is 1. The molecule has 1 aromatic heterocycles. The van der Waals surface area contributed by atoms with Gasteiger partial charge < -0.3 is 19.2 Å². The maximum absolute atomic E-state index is 12.8. The minimum Gasteiger partial charge on any atom is -0.489 e. The molecule has 1 aliphatic heterocycles. The normalized spacial score (nSPS) is 15.1. The van der Waals surface area contributed by atoms with Gasteiger partial charge in [0.25, 0.3) is 5.91 Å². The third-order valence-corrected chi connectivity index (χ3v) is 4.82. The van der Waals surface area contributed by atoms with Crippen molar-refractivity contribution in [3.63, 3.8) is 0 Å². The lowest BCUT2D eigenvalue weighted by Gasteiger charge is -2.15. The summed E-state index contributed by atoms with van der Waals surface area (Å²) in [6.45, 7) is 3.59. The molecule has 2 heterocycles. The third kappa shape index (κ3) is 4.68. The van der Waals surface area contributed by atoms with E-state index in [2.05, 4.69) is 26.0 Å². The van der Waals surface area contributed by atoms with Crippen molar-refractivity contribution in [1.82, 2.24) is 10.2 Å². The second-order valence-electron chi connectivity index (χ2n) is 6.61. The molecule has 0 aliphatic carbocycles. The van der Waals surface area contributed by atoms with Gasteiger partial charge in [0.1, 0.15) is 17.2 Å². The molecule has 1 aliphatic rings. The van der Waals surface area contributed by atoms with Gasteiger partial charge in [0, 0.05) is 10.6 Å². The number of urea groups is 1. The minimum atomic E-state index is -0.650. The van der Waals surface area contributed by atoms with Crippen LogP contribution in [0.3, 0.4) is 0 Å². The molecule has 0 atom stereocenters. The molecular formula is C20H18BrClN2O6. The average Bonchev–Trinajstić information content (AvgIpc) is 3.24. The van der Waals surface area contributed by atoms with Crippen LogP contribution in [0, 0.1) is 0 Å². The van der Waals surface area contributed by atoms with E-state index in [1.54, 1.807) is 12.1 Å². The molecule has 0 bridgehead atoms. The molecule has 30 heavy (non-hydrogen) atoms. The Kier molecular flexibility index (Phi) is 6.52. The summed E-state index contributed by atoms with van der Waals surface area (Å²) in [6.07, 6.45) is 1.38. The summed E-state index contributed by atoms with van der Waals surface area (Å²) < 4.78 is 16.3. The lowest BCUT2D eigenvalue weighted by Crippen LogP contribution is -2.30. The van der Waals surface area contributed by atoms with Gasteiger partial charge in [0.15, 0.2) is 0 Å². The van der Waals surface area contributed by atoms with Crippen LogP contribution in [-0.2, 0) is 16.1 Å². The number of benzene rings is 1. The smallest absolute Gasteiger partial charge is 0.373 e. The maximum Gasteiger partial charge on any atom is 0.373 e. The summed E-state index contributed by atoms with van der Waals surface area (Å²) in [6, 6.07) is 5.61. The molecule has 10 heteroatoms. The number of imide groups is 1. The first kappa shape index (κ1) is 21.9. The van der Waals surface area contributed by atoms with Gasteiger partial charge >= 0.3 is 12.0 Å². The van der Waals surface area contributed by atoms with E-state index in [4.69, 9.17) is 20.8 Å². The number of hydrogen-bond acceptors (Lipinski definition) is 6. The molecular weight excluding hydrogens is 480 g/mol. The van der Waals surface area contributed by atoms with Crippen LogP contribution in [0.5, 0.6) is 5.75 Å². The standard InChI is InChI=1S/C20H18BrClN2O6/c1-10(2)29-17-11(6-12(22)8-14(17)21)7-15-18(25)24(20(27)23-15)9-13-4-5-16(30-13)19(26)28-3/h4-8,10H,9H2,1-3H3,(H,23,27)/b15-7-. The molecule has 1 fully saturated rings. The van der Waals surface area contributed by atoms with E-state index in [0.717, 1.165) is 4.90 Å². The summed E-state index contributed by atoms with van der Waals surface area (Å²) in [4.78, 5) is 37.6. The Hall–Kier alpha value is -2.78. The molecule has 0 unspecified atom stereocenters. The highest BCUT2D eigenvalue weighted by molar-refractivity contribution is 9.10. The van der Waals surface area contributed by atoms with Gasteiger partial charge in [-0.15, -0.1) is 0 Å². The van der Waals surface area contributed by atoms with E-state index in [1.165, 1.54) is 25.3 Å². The Morgan fingerprint density at radius 1 is 1.33 bits per heavy atom. The van der Waals surface area contributed by atoms with Crippen molar-refractivity contribution in [2.24, 2.45) is 0 Å². The zero-order valence-electron chi connectivity index (χ0n) is 16.3. The monoisotopic (exact) mass is 496 g/mol. The molecule has 1 saturated heterocycles. The zero-order chi connectivity index (χ0) is 22.0. The number of furan rings is 1. The number of halogens is 2. The topological polar surface area (TPSA) is 98.1 Å². The predicted molar refractivity (Wildman–Crippen MR) is 112 cm³/mol. The van der Waals surface area contributed by atoms with Crippen LogP contribution in [0.2, 0.25) is 5.02 Å². The molecule has 8 nitrogen and oxygen atoms in total. The fourth-order valence-corrected chi connectivity index (χ4v) is 3.67. The highest BCUT2D eigenvalue weighted by atomic mass is 79.9. The summed E-state index contributed by atoms with van der Waals surface area (Å²) in [5.41, 5.74) is 0.585. The number of nitrogens with zero attached hydrogens (tertiary/aromatic N) is 1. The van der Waals surface area contributed by atoms with E-state index >= 15 is 0 Å². The van der Waals surface area contributed by atoms with Gasteiger partial charge in [-0.3, -0.25) is 9.69 Å². The van der Waals surface area contributed by atoms with Gasteiger partial charge in [-0.25, -0.2) is 9.59 Å². The van der Waals surface area contributed by atoms with Crippen molar-refractivity contribution in [2.75, 3.05) is 7.11 Å². The van der Waals surface area contributed by atoms with Gasteiger partial charge in [0.05, 0.1) is 24.2 Å². The van der Waals surface area contributed by atoms with Crippen LogP contribution in [0.15, 0.2) is 38.9 Å². The van der Waals surface area contributed by atoms with Gasteiger partial charge in [-0.2, -0.15) is 0 Å². The van der Waals surface area contributed by atoms with Crippen LogP contribution in [-0.4, -0.2) is 36.0 Å². The van der Waals surface area contributed by atoms with E-state index < -0.39 is 17.9 Å². The Morgan fingerprint density at radius 2 is 2.07 bits per heavy atom. The Bertz CT molecular complexity index is 1050. The first-order chi connectivity index (χ1) is 14.2. The van der Waals surface area contributed by atoms with E-state index in [0.29, 0.717) is 20.8 Å². The van der Waals surface area contributed by atoms with Crippen molar-refractivity contribution >= 4 is 51.5 Å². The van der Waals surface area contributed by atoms with Gasteiger partial charge in [-0.1, -0.05) is 11.6 Å². The van der Waals surface area contributed by atoms with Crippen LogP contribution in [0.25, 0.3) is 6.08 Å². The predicted octanol–water partition coefficient (Wildman–Crippen LogP) is 4.36. The minimum absolute atomic E-state index is 0.0189. The number of esters is 1. The first-order valence-electron chi connectivity index (χ1n) is 8.87. The maximum atomic E-state index is 12.8. The molecule has 0 spiro atoms. The number of carbonyl (C=O) groups is 3. The van der Waals surface area contributed by atoms with Crippen LogP contribution < -0.4 is 10.1 Å². The molecule has 158 valence electrons. The molecule has 0 radical (unpaired) electrons. The molecule has 1 N–H and O–H groups in total. The van der Waals surface area contributed by atoms with Gasteiger partial charge in [0.2, 0.25) is 5.76 Å². The highest BCUT2D eigenvalue weighted by Gasteiger charge is 2.34. The van der Waals surface area contributed by atoms with Crippen LogP contribution in [0.4, 0.5) is 4.79 Å². The number of methoxy groups -OCH3 is 1. The third-order valence-electron chi connectivity index (χ3n) is 4.01. The number of amides is 3. The van der Waals surface area contributed by atoms with E-state index in [1.807, 2.05) is 13.8 Å². The highest BCUT2D eigenvalue weighted by Crippen LogP contribution is 2.35. The number of hydrogen-bond donors (Lipinski definition) is 1. The molecule has 2 aromatic rings. The lowest BCUT2D eigenvalue weighted by atomic mass is 10.1. The summed E-state index contributed by atoms with van der Waals surface area (Å²) >= 11 is 9.54. The second-order valence-corrected chi connectivity index (χ2v) is 7.90. The molecule has 0 saturated carbocycles. The number of rotatable bonds is 6. The van der Waals surface area contributed by atoms with Crippen LogP contribution >= 0.6 is 27.5 Å². The van der Waals surface area contributed by atoms with Crippen molar-refractivity contribution in [2.45, 2.75) is 26.5 Å². The van der Waals surface area contributed by atoms with E-state index in [-0.39, 0.29) is 29.9 Å². The van der Waals surface area contributed by atoms with Gasteiger partial charge in [-0.05, 0) is 60.1 Å². The molecule has 3 amide bonds. The van der Waals surface area contributed by atoms with E-state index in [9.17, 15) is 14.4 Å². The van der Waals surface area contributed by atoms with Crippen LogP contribution in [0.1, 0.15) is 35.7 Å². The zero-order valence-corrected chi connectivity index (χ0v) is 18.7. The average molecular weight is 498 g/mol. The fraction of sp³-hybridized carbons (Fsp3) is 0.250. The summed E-state index contributed by atoms with van der Waals surface area (Å²) in [7, 11) is 1.23. The Morgan fingerprint density at radius 3 is 2.73 bits per heavy atom. The van der Waals surface area contributed by atoms with Crippen molar-refractivity contribution in [3.05, 3.63) is 56.5 Å². The Balaban J connectivity index is 1.87. The first-order valence-corrected chi connectivity index (χ1v) is 10.0. The molecule has 3 rings (SSSR count). The largest absolute Gasteiger partial charge is 0.489 e. The summed E-state index contributed by atoms with van der Waals surface area (Å²) in [5, 5.41) is 2.97. The van der Waals surface area contributed by atoms with Crippen molar-refractivity contribution < 1.29 is 28.3 Å². The van der Waals surface area contributed by atoms with Crippen molar-refractivity contribution in [1.29, 1.82) is 0 Å². The van der Waals surface area contributed by atoms with Crippen molar-refractivity contribution in [3.8, 4) is 5.75 Å². The molecule has 1 aromatic carbocycles. The SMILES string of the molecule is COC(=O)c1ccc(CN2C(=O)N/C(=C\c3cc(Cl)cc(Br)c3OC(C)C)C2=O)o1. The fourth-order valence-electron chi connectivity index (χ4n) is 2.75. The Labute approximate surface area is 185 Å². The second kappa shape index (κ2) is 8.93. The number of carbonyl (C=O) groups excluding carboxylic acids is 3. The number of ether oxygens (including phenoxy) is 2. The summed E-state index contributed by atoms with van der Waals surface area (Å²) in [5.74, 6) is -0.467. The quantitative estimate of drug-likeness (QED) is 0.362.